The van der Waals surface area contributed by atoms with E-state index in [2.05, 4.69) is 10.3 Å². The van der Waals surface area contributed by atoms with Gasteiger partial charge in [-0.05, 0) is 35.4 Å². The number of ether oxygens (including phenoxy) is 1. The van der Waals surface area contributed by atoms with Crippen LogP contribution >= 0.6 is 0 Å². The maximum atomic E-state index is 13.7. The Morgan fingerprint density at radius 3 is 2.69 bits per heavy atom. The number of carbonyl (C=O) groups is 1. The Labute approximate surface area is 223 Å². The first kappa shape index (κ1) is 24.1. The molecule has 0 unspecified atom stereocenters. The summed E-state index contributed by atoms with van der Waals surface area (Å²) in [6.07, 6.45) is 4.86. The number of phenolic OH excluding ortho intramolecular Hbond substituents is 2. The molecule has 0 fully saturated rings. The lowest BCUT2D eigenvalue weighted by molar-refractivity contribution is 0.0748. The van der Waals surface area contributed by atoms with Crippen LogP contribution in [0.3, 0.4) is 0 Å². The van der Waals surface area contributed by atoms with E-state index in [4.69, 9.17) is 14.3 Å². The molecular formula is C29H25N5O5. The summed E-state index contributed by atoms with van der Waals surface area (Å²) in [4.78, 5) is 19.6. The number of rotatable bonds is 7. The van der Waals surface area contributed by atoms with E-state index in [9.17, 15) is 15.0 Å². The Bertz CT molecular complexity index is 1620. The van der Waals surface area contributed by atoms with Crippen molar-refractivity contribution in [3.05, 3.63) is 102 Å². The number of aromatic hydroxyl groups is 2. The number of benzene rings is 2. The second kappa shape index (κ2) is 9.90. The van der Waals surface area contributed by atoms with E-state index in [1.807, 2.05) is 42.5 Å². The molecule has 0 bridgehead atoms. The second-order valence-electron chi connectivity index (χ2n) is 9.22. The molecule has 3 aromatic heterocycles. The topological polar surface area (TPSA) is 126 Å². The van der Waals surface area contributed by atoms with Gasteiger partial charge in [0.25, 0.3) is 5.91 Å². The highest BCUT2D eigenvalue weighted by Crippen LogP contribution is 2.36. The number of amides is 1. The van der Waals surface area contributed by atoms with Crippen molar-refractivity contribution in [1.29, 1.82) is 0 Å². The Hall–Kier alpha value is -5.25. The third-order valence-electron chi connectivity index (χ3n) is 6.64. The maximum Gasteiger partial charge on any atom is 0.260 e. The standard InChI is InChI=1S/C29H25N5O5/c1-38-22-6-4-18(5-7-22)14-34-27(13-23(32-34)20-8-10-39-17-20)31-24-11-21(35)12-26(36)28(24)29(37)33-15-19-3-2-9-30-25(19)16-33/h2-13,17,31,35-36H,14-16H2,1H3. The molecular weight excluding hydrogens is 498 g/mol. The molecule has 5 aromatic rings. The highest BCUT2D eigenvalue weighted by Gasteiger charge is 2.29. The van der Waals surface area contributed by atoms with Crippen molar-refractivity contribution in [1.82, 2.24) is 19.7 Å². The summed E-state index contributed by atoms with van der Waals surface area (Å²) >= 11 is 0. The van der Waals surface area contributed by atoms with Crippen molar-refractivity contribution in [3.8, 4) is 28.5 Å². The van der Waals surface area contributed by atoms with Crippen LogP contribution in [0.5, 0.6) is 17.2 Å². The molecule has 0 saturated heterocycles. The summed E-state index contributed by atoms with van der Waals surface area (Å²) in [7, 11) is 1.61. The van der Waals surface area contributed by atoms with Gasteiger partial charge in [0.05, 0.1) is 49.8 Å². The van der Waals surface area contributed by atoms with Crippen LogP contribution in [0.25, 0.3) is 11.3 Å². The summed E-state index contributed by atoms with van der Waals surface area (Å²) in [6, 6.07) is 17.6. The van der Waals surface area contributed by atoms with Crippen molar-refractivity contribution in [2.24, 2.45) is 0 Å². The van der Waals surface area contributed by atoms with E-state index in [1.165, 1.54) is 6.07 Å². The zero-order valence-corrected chi connectivity index (χ0v) is 21.0. The van der Waals surface area contributed by atoms with Crippen LogP contribution in [0, 0.1) is 0 Å². The van der Waals surface area contributed by atoms with Crippen molar-refractivity contribution in [3.63, 3.8) is 0 Å². The van der Waals surface area contributed by atoms with E-state index in [0.29, 0.717) is 31.1 Å². The summed E-state index contributed by atoms with van der Waals surface area (Å²) in [5, 5.41) is 29.1. The number of hydrogen-bond donors (Lipinski definition) is 3. The molecule has 4 heterocycles. The minimum Gasteiger partial charge on any atom is -0.508 e. The fourth-order valence-corrected chi connectivity index (χ4v) is 4.67. The number of pyridine rings is 1. The van der Waals surface area contributed by atoms with Gasteiger partial charge in [-0.2, -0.15) is 5.10 Å². The minimum atomic E-state index is -0.385. The van der Waals surface area contributed by atoms with Crippen LogP contribution in [0.4, 0.5) is 11.5 Å². The lowest BCUT2D eigenvalue weighted by Gasteiger charge is -2.20. The summed E-state index contributed by atoms with van der Waals surface area (Å²) in [6.45, 7) is 1.11. The number of nitrogens with one attached hydrogen (secondary N) is 1. The number of carbonyl (C=O) groups excluding carboxylic acids is 1. The summed E-state index contributed by atoms with van der Waals surface area (Å²) in [5.74, 6) is 0.392. The van der Waals surface area contributed by atoms with Gasteiger partial charge < -0.3 is 29.6 Å². The maximum absolute atomic E-state index is 13.7. The van der Waals surface area contributed by atoms with Crippen LogP contribution < -0.4 is 10.1 Å². The minimum absolute atomic E-state index is 0.0441. The molecule has 0 atom stereocenters. The first-order chi connectivity index (χ1) is 19.0. The van der Waals surface area contributed by atoms with Gasteiger partial charge in [0.15, 0.2) is 0 Å². The zero-order chi connectivity index (χ0) is 26.9. The van der Waals surface area contributed by atoms with E-state index in [0.717, 1.165) is 34.2 Å². The van der Waals surface area contributed by atoms with Gasteiger partial charge in [0.1, 0.15) is 28.6 Å². The normalized spacial score (nSPS) is 12.4. The number of furan rings is 1. The quantitative estimate of drug-likeness (QED) is 0.275. The van der Waals surface area contributed by atoms with Gasteiger partial charge in [-0.25, -0.2) is 4.68 Å². The smallest absolute Gasteiger partial charge is 0.260 e. The molecule has 1 aliphatic heterocycles. The monoisotopic (exact) mass is 523 g/mol. The first-order valence-corrected chi connectivity index (χ1v) is 12.3. The van der Waals surface area contributed by atoms with Crippen molar-refractivity contribution in [2.75, 3.05) is 12.4 Å². The highest BCUT2D eigenvalue weighted by molar-refractivity contribution is 6.03. The van der Waals surface area contributed by atoms with Crippen LogP contribution in [0.2, 0.25) is 0 Å². The van der Waals surface area contributed by atoms with Crippen LogP contribution in [0.15, 0.2) is 83.8 Å². The molecule has 3 N–H and O–H groups in total. The number of aromatic nitrogens is 3. The number of anilines is 2. The second-order valence-corrected chi connectivity index (χ2v) is 9.22. The number of fused-ring (bicyclic) bond motifs is 1. The summed E-state index contributed by atoms with van der Waals surface area (Å²) in [5.41, 5.74) is 4.47. The fraction of sp³-hybridized carbons (Fsp3) is 0.138. The van der Waals surface area contributed by atoms with E-state index >= 15 is 0 Å². The van der Waals surface area contributed by atoms with Crippen molar-refractivity contribution in [2.45, 2.75) is 19.6 Å². The highest BCUT2D eigenvalue weighted by atomic mass is 16.5. The molecule has 0 spiro atoms. The lowest BCUT2D eigenvalue weighted by Crippen LogP contribution is -2.26. The van der Waals surface area contributed by atoms with E-state index < -0.39 is 0 Å². The van der Waals surface area contributed by atoms with Crippen molar-refractivity contribution < 1.29 is 24.2 Å². The van der Waals surface area contributed by atoms with E-state index in [-0.39, 0.29) is 28.7 Å². The number of phenols is 2. The van der Waals surface area contributed by atoms with Gasteiger partial charge in [0.2, 0.25) is 0 Å². The van der Waals surface area contributed by atoms with Gasteiger partial charge in [-0.3, -0.25) is 9.78 Å². The zero-order valence-electron chi connectivity index (χ0n) is 21.0. The molecule has 0 radical (unpaired) electrons. The van der Waals surface area contributed by atoms with Crippen LogP contribution in [-0.4, -0.2) is 42.9 Å². The first-order valence-electron chi connectivity index (χ1n) is 12.3. The van der Waals surface area contributed by atoms with E-state index in [1.54, 1.807) is 41.5 Å². The molecule has 0 aliphatic carbocycles. The largest absolute Gasteiger partial charge is 0.508 e. The van der Waals surface area contributed by atoms with Crippen LogP contribution in [0.1, 0.15) is 27.2 Å². The fourth-order valence-electron chi connectivity index (χ4n) is 4.67. The number of methoxy groups -OCH3 is 1. The molecule has 2 aromatic carbocycles. The molecule has 10 heteroatoms. The SMILES string of the molecule is COc1ccc(Cn2nc(-c3ccoc3)cc2Nc2cc(O)cc(O)c2C(=O)N2Cc3cccnc3C2)cc1. The van der Waals surface area contributed by atoms with Crippen molar-refractivity contribution >= 4 is 17.4 Å². The number of hydrogen-bond acceptors (Lipinski definition) is 8. The molecule has 6 rings (SSSR count). The third kappa shape index (κ3) is 4.75. The van der Waals surface area contributed by atoms with Gasteiger partial charge >= 0.3 is 0 Å². The Morgan fingerprint density at radius 2 is 1.95 bits per heavy atom. The molecule has 39 heavy (non-hydrogen) atoms. The lowest BCUT2D eigenvalue weighted by atomic mass is 10.1. The van der Waals surface area contributed by atoms with Gasteiger partial charge in [0, 0.05) is 36.5 Å². The number of nitrogens with zero attached hydrogens (tertiary/aromatic N) is 4. The van der Waals surface area contributed by atoms with Gasteiger partial charge in [-0.1, -0.05) is 18.2 Å². The molecule has 196 valence electrons. The Morgan fingerprint density at radius 1 is 1.10 bits per heavy atom. The molecule has 0 saturated carbocycles. The average molecular weight is 524 g/mol. The Kier molecular flexibility index (Phi) is 6.12. The molecule has 10 nitrogen and oxygen atoms in total. The third-order valence-corrected chi connectivity index (χ3v) is 6.64. The summed E-state index contributed by atoms with van der Waals surface area (Å²) < 4.78 is 12.2. The predicted molar refractivity (Wildman–Crippen MR) is 143 cm³/mol. The predicted octanol–water partition coefficient (Wildman–Crippen LogP) is 4.91. The molecule has 1 amide bonds. The average Bonchev–Trinajstić information content (AvgIpc) is 3.69. The molecule has 1 aliphatic rings. The Balaban J connectivity index is 1.36. The van der Waals surface area contributed by atoms with Gasteiger partial charge in [-0.15, -0.1) is 0 Å². The van der Waals surface area contributed by atoms with Crippen LogP contribution in [-0.2, 0) is 19.6 Å².